The van der Waals surface area contributed by atoms with Crippen LogP contribution in [0.3, 0.4) is 0 Å². The number of thiazole rings is 1. The minimum Gasteiger partial charge on any atom is -0.274 e. The maximum Gasteiger partial charge on any atom is 0.260 e. The number of aromatic nitrogens is 1. The van der Waals surface area contributed by atoms with Crippen LogP contribution in [-0.2, 0) is 19.3 Å². The number of nitrogens with zero attached hydrogens (tertiary/aromatic N) is 2. The normalized spacial score (nSPS) is 12.2. The zero-order valence-corrected chi connectivity index (χ0v) is 18.7. The lowest BCUT2D eigenvalue weighted by Gasteiger charge is -2.24. The van der Waals surface area contributed by atoms with Crippen molar-refractivity contribution < 1.29 is 19.3 Å². The van der Waals surface area contributed by atoms with Crippen LogP contribution in [0.25, 0.3) is 10.2 Å². The first kappa shape index (κ1) is 22.9. The topological polar surface area (TPSA) is 80.8 Å². The summed E-state index contributed by atoms with van der Waals surface area (Å²) < 4.78 is 1.63. The average molecular weight is 446 g/mol. The van der Waals surface area contributed by atoms with Gasteiger partial charge in [-0.1, -0.05) is 23.4 Å². The number of amides is 2. The van der Waals surface area contributed by atoms with E-state index in [2.05, 4.69) is 10.5 Å². The van der Waals surface area contributed by atoms with Gasteiger partial charge in [0.05, 0.1) is 29.9 Å². The number of hydrogen-bond acceptors (Lipinski definition) is 7. The Kier molecular flexibility index (Phi) is 8.97. The molecule has 2 rings (SSSR count). The molecule has 0 aliphatic heterocycles. The third kappa shape index (κ3) is 6.05. The molecule has 0 aliphatic rings. The van der Waals surface area contributed by atoms with Gasteiger partial charge in [0.1, 0.15) is 5.25 Å². The number of halogens is 1. The molecule has 1 heterocycles. The Labute approximate surface area is 177 Å². The van der Waals surface area contributed by atoms with Crippen LogP contribution in [0, 0.1) is 6.92 Å². The lowest BCUT2D eigenvalue weighted by Crippen LogP contribution is -2.40. The highest BCUT2D eigenvalue weighted by Crippen LogP contribution is 2.36. The number of carbonyl (C=O) groups excluding carboxylic acids is 2. The molecular formula is C18H24ClN3O4S2. The van der Waals surface area contributed by atoms with Gasteiger partial charge in [0, 0.05) is 11.6 Å². The van der Waals surface area contributed by atoms with Gasteiger partial charge in [0.25, 0.3) is 5.91 Å². The number of benzene rings is 1. The van der Waals surface area contributed by atoms with E-state index in [1.54, 1.807) is 13.8 Å². The molecule has 1 aromatic carbocycles. The predicted octanol–water partition coefficient (Wildman–Crippen LogP) is 3.98. The number of carbonyl (C=O) groups is 2. The van der Waals surface area contributed by atoms with Crippen LogP contribution in [0.1, 0.15) is 32.8 Å². The van der Waals surface area contributed by atoms with Gasteiger partial charge in [-0.3, -0.25) is 19.3 Å². The predicted molar refractivity (Wildman–Crippen MR) is 112 cm³/mol. The fourth-order valence-corrected chi connectivity index (χ4v) is 5.28. The number of hydroxylamine groups is 3. The van der Waals surface area contributed by atoms with E-state index in [1.165, 1.54) is 28.2 Å². The number of fused-ring (bicyclic) bond motifs is 1. The van der Waals surface area contributed by atoms with E-state index >= 15 is 0 Å². The lowest BCUT2D eigenvalue weighted by atomic mass is 10.2. The average Bonchev–Trinajstić information content (AvgIpc) is 3.06. The van der Waals surface area contributed by atoms with Gasteiger partial charge in [-0.25, -0.2) is 15.5 Å². The zero-order valence-electron chi connectivity index (χ0n) is 16.3. The Morgan fingerprint density at radius 3 is 2.71 bits per heavy atom. The van der Waals surface area contributed by atoms with Gasteiger partial charge < -0.3 is 0 Å². The van der Waals surface area contributed by atoms with E-state index in [4.69, 9.17) is 21.3 Å². The number of nitrogens with one attached hydrogen (secondary N) is 1. The van der Waals surface area contributed by atoms with Crippen molar-refractivity contribution in [2.45, 2.75) is 43.7 Å². The second kappa shape index (κ2) is 11.0. The van der Waals surface area contributed by atoms with E-state index in [9.17, 15) is 9.59 Å². The molecule has 0 aliphatic carbocycles. The van der Waals surface area contributed by atoms with Crippen LogP contribution in [0.5, 0.6) is 0 Å². The van der Waals surface area contributed by atoms with Crippen molar-refractivity contribution >= 4 is 56.7 Å². The standard InChI is InChI=1S/C18H24ClN3O4S2/c1-5-22(26-7-3)17(24)14(10-15(23)21-25-6-2)28-18-20-16-11(4)8-12(19)9-13(16)27-18/h8-9,14H,5-7,10H2,1-4H3,(H,21,23). The van der Waals surface area contributed by atoms with Gasteiger partial charge in [-0.2, -0.15) is 0 Å². The van der Waals surface area contributed by atoms with Crippen LogP contribution < -0.4 is 5.48 Å². The minimum absolute atomic E-state index is 0.0528. The van der Waals surface area contributed by atoms with Crippen LogP contribution in [-0.4, -0.2) is 46.9 Å². The fourth-order valence-electron chi connectivity index (χ4n) is 2.48. The summed E-state index contributed by atoms with van der Waals surface area (Å²) in [6.07, 6.45) is -0.0528. The molecular weight excluding hydrogens is 422 g/mol. The van der Waals surface area contributed by atoms with Gasteiger partial charge in [0.2, 0.25) is 5.91 Å². The molecule has 0 saturated heterocycles. The van der Waals surface area contributed by atoms with Crippen LogP contribution in [0.15, 0.2) is 16.5 Å². The number of hydrogen-bond donors (Lipinski definition) is 1. The first-order valence-corrected chi connectivity index (χ1v) is 11.0. The maximum atomic E-state index is 12.9. The molecule has 154 valence electrons. The van der Waals surface area contributed by atoms with E-state index < -0.39 is 5.25 Å². The second-order valence-corrected chi connectivity index (χ2v) is 8.69. The molecule has 1 atom stereocenters. The molecule has 0 spiro atoms. The maximum absolute atomic E-state index is 12.9. The molecule has 0 bridgehead atoms. The number of rotatable bonds is 10. The van der Waals surface area contributed by atoms with Gasteiger partial charge in [0.15, 0.2) is 4.34 Å². The Bertz CT molecular complexity index is 831. The molecule has 7 nitrogen and oxygen atoms in total. The minimum atomic E-state index is -0.691. The Balaban J connectivity index is 2.26. The summed E-state index contributed by atoms with van der Waals surface area (Å²) in [5.74, 6) is -0.657. The van der Waals surface area contributed by atoms with Crippen LogP contribution in [0.2, 0.25) is 5.02 Å². The lowest BCUT2D eigenvalue weighted by molar-refractivity contribution is -0.183. The van der Waals surface area contributed by atoms with Crippen LogP contribution >= 0.6 is 34.7 Å². The monoisotopic (exact) mass is 445 g/mol. The molecule has 28 heavy (non-hydrogen) atoms. The summed E-state index contributed by atoms with van der Waals surface area (Å²) in [6, 6.07) is 3.70. The summed E-state index contributed by atoms with van der Waals surface area (Å²) >= 11 is 8.82. The summed E-state index contributed by atoms with van der Waals surface area (Å²) in [7, 11) is 0. The molecule has 0 saturated carbocycles. The molecule has 1 unspecified atom stereocenters. The molecule has 1 aromatic heterocycles. The number of aryl methyl sites for hydroxylation is 1. The Hall–Kier alpha value is -1.39. The third-order valence-corrected chi connectivity index (χ3v) is 6.17. The van der Waals surface area contributed by atoms with E-state index in [0.717, 1.165) is 15.8 Å². The van der Waals surface area contributed by atoms with E-state index in [-0.39, 0.29) is 18.2 Å². The Morgan fingerprint density at radius 2 is 2.07 bits per heavy atom. The van der Waals surface area contributed by atoms with E-state index in [0.29, 0.717) is 29.1 Å². The van der Waals surface area contributed by atoms with Gasteiger partial charge in [-0.05, 0) is 45.4 Å². The Morgan fingerprint density at radius 1 is 1.32 bits per heavy atom. The molecule has 1 N–H and O–H groups in total. The zero-order chi connectivity index (χ0) is 20.7. The van der Waals surface area contributed by atoms with Crippen molar-refractivity contribution in [2.75, 3.05) is 19.8 Å². The second-order valence-electron chi connectivity index (χ2n) is 5.77. The van der Waals surface area contributed by atoms with Crippen molar-refractivity contribution in [3.8, 4) is 0 Å². The first-order valence-electron chi connectivity index (χ1n) is 8.97. The van der Waals surface area contributed by atoms with Gasteiger partial charge in [-0.15, -0.1) is 11.3 Å². The summed E-state index contributed by atoms with van der Waals surface area (Å²) in [5.41, 5.74) is 4.15. The molecule has 0 fully saturated rings. The summed E-state index contributed by atoms with van der Waals surface area (Å²) in [6.45, 7) is 8.41. The highest BCUT2D eigenvalue weighted by Gasteiger charge is 2.29. The highest BCUT2D eigenvalue weighted by molar-refractivity contribution is 8.02. The summed E-state index contributed by atoms with van der Waals surface area (Å²) in [4.78, 5) is 40.1. The van der Waals surface area contributed by atoms with Crippen molar-refractivity contribution in [3.63, 3.8) is 0 Å². The largest absolute Gasteiger partial charge is 0.274 e. The fraction of sp³-hybridized carbons (Fsp3) is 0.500. The van der Waals surface area contributed by atoms with E-state index in [1.807, 2.05) is 26.0 Å². The first-order chi connectivity index (χ1) is 13.4. The van der Waals surface area contributed by atoms with Crippen LogP contribution in [0.4, 0.5) is 0 Å². The quantitative estimate of drug-likeness (QED) is 0.440. The molecule has 0 radical (unpaired) electrons. The smallest absolute Gasteiger partial charge is 0.260 e. The summed E-state index contributed by atoms with van der Waals surface area (Å²) in [5, 5.41) is 1.23. The van der Waals surface area contributed by atoms with Crippen molar-refractivity contribution in [1.29, 1.82) is 0 Å². The third-order valence-electron chi connectivity index (χ3n) is 3.67. The van der Waals surface area contributed by atoms with Crippen molar-refractivity contribution in [2.24, 2.45) is 0 Å². The molecule has 10 heteroatoms. The molecule has 2 amide bonds. The highest BCUT2D eigenvalue weighted by atomic mass is 35.5. The SMILES string of the molecule is CCONC(=O)CC(Sc1nc2c(C)cc(Cl)cc2s1)C(=O)N(CC)OCC. The number of thioether (sulfide) groups is 1. The molecule has 2 aromatic rings. The van der Waals surface area contributed by atoms with Gasteiger partial charge >= 0.3 is 0 Å². The van der Waals surface area contributed by atoms with Crippen molar-refractivity contribution in [1.82, 2.24) is 15.5 Å². The van der Waals surface area contributed by atoms with Crippen molar-refractivity contribution in [3.05, 3.63) is 22.7 Å².